The summed E-state index contributed by atoms with van der Waals surface area (Å²) in [5.74, 6) is -0.207. The molecule has 0 saturated carbocycles. The van der Waals surface area contributed by atoms with Crippen molar-refractivity contribution in [3.8, 4) is 0 Å². The molecule has 0 spiro atoms. The van der Waals surface area contributed by atoms with Crippen LogP contribution in [0.4, 0.5) is 0 Å². The second-order valence-electron chi connectivity index (χ2n) is 5.89. The molecule has 0 fully saturated rings. The van der Waals surface area contributed by atoms with Crippen molar-refractivity contribution >= 4 is 34.9 Å². The number of amides is 2. The zero-order valence-corrected chi connectivity index (χ0v) is 15.4. The Bertz CT molecular complexity index is 922. The van der Waals surface area contributed by atoms with Gasteiger partial charge in [0, 0.05) is 35.5 Å². The van der Waals surface area contributed by atoms with Crippen molar-refractivity contribution in [3.63, 3.8) is 0 Å². The van der Waals surface area contributed by atoms with Gasteiger partial charge in [-0.15, -0.1) is 0 Å². The van der Waals surface area contributed by atoms with Gasteiger partial charge in [0.1, 0.15) is 5.76 Å². The number of hydrazine groups is 1. The van der Waals surface area contributed by atoms with Gasteiger partial charge in [-0.3, -0.25) is 30.9 Å². The monoisotopic (exact) mass is 386 g/mol. The van der Waals surface area contributed by atoms with Gasteiger partial charge >= 0.3 is 5.91 Å². The highest BCUT2D eigenvalue weighted by Crippen LogP contribution is 2.29. The molecule has 0 aromatic carbocycles. The Morgan fingerprint density at radius 3 is 2.63 bits per heavy atom. The molecular formula is C17H18N6O3S. The van der Waals surface area contributed by atoms with Gasteiger partial charge in [-0.1, -0.05) is 0 Å². The van der Waals surface area contributed by atoms with Crippen LogP contribution >= 0.6 is 12.2 Å². The average molecular weight is 386 g/mol. The zero-order chi connectivity index (χ0) is 19.4. The summed E-state index contributed by atoms with van der Waals surface area (Å²) in [6.45, 7) is 1.77. The van der Waals surface area contributed by atoms with Crippen molar-refractivity contribution < 1.29 is 14.0 Å². The molecule has 1 aliphatic carbocycles. The number of nitrogens with zero attached hydrogens (tertiary/aromatic N) is 2. The van der Waals surface area contributed by atoms with E-state index >= 15 is 0 Å². The number of hydrazone groups is 1. The molecule has 2 heterocycles. The molecule has 2 aromatic heterocycles. The summed E-state index contributed by atoms with van der Waals surface area (Å²) in [6.07, 6.45) is 5.21. The minimum absolute atomic E-state index is 0.0626. The van der Waals surface area contributed by atoms with Crippen molar-refractivity contribution in [1.29, 1.82) is 0 Å². The number of hydrogen-bond donors (Lipinski definition) is 4. The molecule has 5 N–H and O–H groups in total. The van der Waals surface area contributed by atoms with Crippen LogP contribution in [-0.2, 0) is 6.42 Å². The number of hydrogen-bond acceptors (Lipinski definition) is 6. The van der Waals surface area contributed by atoms with Gasteiger partial charge in [0.2, 0.25) is 0 Å². The lowest BCUT2D eigenvalue weighted by Crippen LogP contribution is -2.41. The number of nitrogens with two attached hydrogens (primary N) is 1. The van der Waals surface area contributed by atoms with Gasteiger partial charge in [-0.05, 0) is 44.1 Å². The van der Waals surface area contributed by atoms with Crippen LogP contribution in [0.15, 0.2) is 34.0 Å². The smallest absolute Gasteiger partial charge is 0.305 e. The van der Waals surface area contributed by atoms with E-state index in [0.29, 0.717) is 29.7 Å². The minimum Gasteiger partial charge on any atom is -0.455 e. The molecule has 2 amide bonds. The number of thiocarbonyl (C=S) groups is 1. The highest BCUT2D eigenvalue weighted by atomic mass is 32.1. The maximum absolute atomic E-state index is 12.5. The van der Waals surface area contributed by atoms with Crippen LogP contribution in [0.3, 0.4) is 0 Å². The highest BCUT2D eigenvalue weighted by molar-refractivity contribution is 7.80. The Labute approximate surface area is 160 Å². The molecule has 0 saturated heterocycles. The summed E-state index contributed by atoms with van der Waals surface area (Å²) in [6, 6.07) is 3.08. The number of pyridine rings is 1. The topological polar surface area (TPSA) is 135 Å². The molecule has 0 unspecified atom stereocenters. The van der Waals surface area contributed by atoms with Gasteiger partial charge in [0.05, 0.1) is 5.71 Å². The number of rotatable bonds is 3. The number of aromatic nitrogens is 1. The molecule has 0 radical (unpaired) electrons. The predicted molar refractivity (Wildman–Crippen MR) is 102 cm³/mol. The van der Waals surface area contributed by atoms with Crippen LogP contribution in [0.1, 0.15) is 50.6 Å². The average Bonchev–Trinajstić information content (AvgIpc) is 3.02. The molecule has 0 bridgehead atoms. The van der Waals surface area contributed by atoms with E-state index in [1.807, 2.05) is 0 Å². The number of furan rings is 1. The molecule has 0 atom stereocenters. The Morgan fingerprint density at radius 1 is 1.22 bits per heavy atom. The number of carbonyl (C=O) groups excluding carboxylic acids is 2. The fraction of sp³-hybridized carbons (Fsp3) is 0.235. The van der Waals surface area contributed by atoms with E-state index in [9.17, 15) is 9.59 Å². The fourth-order valence-electron chi connectivity index (χ4n) is 2.87. The molecule has 140 valence electrons. The van der Waals surface area contributed by atoms with Crippen molar-refractivity contribution in [2.45, 2.75) is 26.2 Å². The number of aryl methyl sites for hydroxylation is 1. The van der Waals surface area contributed by atoms with Crippen molar-refractivity contribution in [3.05, 3.63) is 52.7 Å². The van der Waals surface area contributed by atoms with Crippen LogP contribution in [0.25, 0.3) is 0 Å². The zero-order valence-electron chi connectivity index (χ0n) is 14.5. The SMILES string of the molecule is Cc1c(C(=O)NNC(=O)c2ccncc2)oc2c1/C(=N/NC(N)=S)CCC2. The van der Waals surface area contributed by atoms with Crippen LogP contribution < -0.4 is 22.0 Å². The van der Waals surface area contributed by atoms with Crippen LogP contribution in [0.2, 0.25) is 0 Å². The lowest BCUT2D eigenvalue weighted by molar-refractivity contribution is 0.0829. The number of nitrogens with one attached hydrogen (secondary N) is 3. The van der Waals surface area contributed by atoms with Gasteiger partial charge in [0.25, 0.3) is 5.91 Å². The molecule has 3 rings (SSSR count). The Balaban J connectivity index is 1.76. The summed E-state index contributed by atoms with van der Waals surface area (Å²) in [7, 11) is 0. The van der Waals surface area contributed by atoms with Crippen molar-refractivity contribution in [2.75, 3.05) is 0 Å². The van der Waals surface area contributed by atoms with E-state index in [4.69, 9.17) is 22.4 Å². The van der Waals surface area contributed by atoms with E-state index < -0.39 is 11.8 Å². The van der Waals surface area contributed by atoms with Crippen LogP contribution in [-0.4, -0.2) is 27.6 Å². The molecule has 27 heavy (non-hydrogen) atoms. The Hall–Kier alpha value is -3.27. The van der Waals surface area contributed by atoms with E-state index in [2.05, 4.69) is 26.4 Å². The van der Waals surface area contributed by atoms with Crippen LogP contribution in [0, 0.1) is 6.92 Å². The first kappa shape index (κ1) is 18.5. The second kappa shape index (κ2) is 7.96. The normalized spacial score (nSPS) is 14.3. The maximum Gasteiger partial charge on any atom is 0.305 e. The predicted octanol–water partition coefficient (Wildman–Crippen LogP) is 0.931. The van der Waals surface area contributed by atoms with Gasteiger partial charge < -0.3 is 10.2 Å². The van der Waals surface area contributed by atoms with Gasteiger partial charge in [0.15, 0.2) is 10.9 Å². The van der Waals surface area contributed by atoms with Crippen LogP contribution in [0.5, 0.6) is 0 Å². The standard InChI is InChI=1S/C17H18N6O3S/c1-9-13-11(20-23-17(18)27)3-2-4-12(13)26-14(9)16(25)22-21-15(24)10-5-7-19-8-6-10/h5-8H,2-4H2,1H3,(H,21,24)(H,22,25)(H3,18,23,27)/b20-11+. The van der Waals surface area contributed by atoms with E-state index in [1.54, 1.807) is 6.92 Å². The Morgan fingerprint density at radius 2 is 1.93 bits per heavy atom. The third-order valence-electron chi connectivity index (χ3n) is 4.07. The summed E-state index contributed by atoms with van der Waals surface area (Å²) < 4.78 is 5.73. The quantitative estimate of drug-likeness (QED) is 0.455. The third-order valence-corrected chi connectivity index (χ3v) is 4.16. The molecule has 1 aliphatic rings. The maximum atomic E-state index is 12.5. The first-order valence-corrected chi connectivity index (χ1v) is 8.63. The van der Waals surface area contributed by atoms with E-state index in [-0.39, 0.29) is 10.9 Å². The summed E-state index contributed by atoms with van der Waals surface area (Å²) in [4.78, 5) is 28.3. The van der Waals surface area contributed by atoms with Gasteiger partial charge in [-0.2, -0.15) is 5.10 Å². The van der Waals surface area contributed by atoms with Crippen molar-refractivity contribution in [1.82, 2.24) is 21.3 Å². The first-order valence-electron chi connectivity index (χ1n) is 8.22. The van der Waals surface area contributed by atoms with Gasteiger partial charge in [-0.25, -0.2) is 0 Å². The van der Waals surface area contributed by atoms with E-state index in [0.717, 1.165) is 17.7 Å². The lowest BCUT2D eigenvalue weighted by atomic mass is 9.93. The second-order valence-corrected chi connectivity index (χ2v) is 6.33. The highest BCUT2D eigenvalue weighted by Gasteiger charge is 2.28. The summed E-state index contributed by atoms with van der Waals surface area (Å²) >= 11 is 4.77. The summed E-state index contributed by atoms with van der Waals surface area (Å²) in [5, 5.41) is 4.27. The lowest BCUT2D eigenvalue weighted by Gasteiger charge is -2.13. The fourth-order valence-corrected chi connectivity index (χ4v) is 2.91. The molecule has 0 aliphatic heterocycles. The summed E-state index contributed by atoms with van der Waals surface area (Å²) in [5.41, 5.74) is 15.2. The van der Waals surface area contributed by atoms with E-state index in [1.165, 1.54) is 24.5 Å². The minimum atomic E-state index is -0.550. The number of fused-ring (bicyclic) bond motifs is 1. The van der Waals surface area contributed by atoms with Crippen molar-refractivity contribution in [2.24, 2.45) is 10.8 Å². The molecule has 2 aromatic rings. The first-order chi connectivity index (χ1) is 13.0. The largest absolute Gasteiger partial charge is 0.455 e. The molecule has 9 nitrogen and oxygen atoms in total. The molecular weight excluding hydrogens is 368 g/mol. The third kappa shape index (κ3) is 4.11. The Kier molecular flexibility index (Phi) is 5.46. The molecule has 10 heteroatoms. The number of carbonyl (C=O) groups is 2.